The highest BCUT2D eigenvalue weighted by molar-refractivity contribution is 5.24. The second-order valence-corrected chi connectivity index (χ2v) is 5.45. The predicted molar refractivity (Wildman–Crippen MR) is 80.7 cm³/mol. The largest absolute Gasteiger partial charge is 0.310 e. The van der Waals surface area contributed by atoms with E-state index in [1.807, 2.05) is 6.92 Å². The van der Waals surface area contributed by atoms with E-state index in [-0.39, 0.29) is 11.6 Å². The summed E-state index contributed by atoms with van der Waals surface area (Å²) < 4.78 is 40.7. The quantitative estimate of drug-likeness (QED) is 0.562. The Labute approximate surface area is 125 Å². The number of hydrogen-bond acceptors (Lipinski definition) is 1. The first kappa shape index (κ1) is 18.0. The summed E-state index contributed by atoms with van der Waals surface area (Å²) in [5.41, 5.74) is -0.0354. The summed E-state index contributed by atoms with van der Waals surface area (Å²) in [6, 6.07) is 1.12. The van der Waals surface area contributed by atoms with Gasteiger partial charge < -0.3 is 5.32 Å². The topological polar surface area (TPSA) is 12.0 Å². The fraction of sp³-hybridized carbons (Fsp3) is 0.647. The maximum Gasteiger partial charge on any atom is 0.133 e. The molecule has 1 N–H and O–H groups in total. The average molecular weight is 301 g/mol. The molecule has 0 bridgehead atoms. The summed E-state index contributed by atoms with van der Waals surface area (Å²) in [6.07, 6.45) is 7.44. The zero-order valence-corrected chi connectivity index (χ0v) is 13.0. The van der Waals surface area contributed by atoms with Crippen molar-refractivity contribution in [2.75, 3.05) is 6.54 Å². The van der Waals surface area contributed by atoms with Crippen LogP contribution in [0.5, 0.6) is 0 Å². The van der Waals surface area contributed by atoms with Crippen LogP contribution in [0.3, 0.4) is 0 Å². The third-order valence-electron chi connectivity index (χ3n) is 3.69. The highest BCUT2D eigenvalue weighted by atomic mass is 19.1. The molecule has 1 aromatic carbocycles. The summed E-state index contributed by atoms with van der Waals surface area (Å²) in [6.45, 7) is 4.69. The van der Waals surface area contributed by atoms with Crippen molar-refractivity contribution in [3.05, 3.63) is 35.1 Å². The van der Waals surface area contributed by atoms with Gasteiger partial charge in [-0.25, -0.2) is 13.2 Å². The van der Waals surface area contributed by atoms with Crippen LogP contribution >= 0.6 is 0 Å². The first-order valence-electron chi connectivity index (χ1n) is 7.98. The fourth-order valence-corrected chi connectivity index (χ4v) is 2.61. The molecule has 0 amide bonds. The minimum atomic E-state index is -0.872. The molecule has 1 unspecified atom stereocenters. The zero-order chi connectivity index (χ0) is 15.7. The Morgan fingerprint density at radius 1 is 0.905 bits per heavy atom. The van der Waals surface area contributed by atoms with Gasteiger partial charge in [-0.3, -0.25) is 0 Å². The number of nitrogens with one attached hydrogen (secondary N) is 1. The van der Waals surface area contributed by atoms with E-state index >= 15 is 0 Å². The highest BCUT2D eigenvalue weighted by Crippen LogP contribution is 2.26. The predicted octanol–water partition coefficient (Wildman–Crippen LogP) is 5.51. The van der Waals surface area contributed by atoms with Crippen molar-refractivity contribution in [2.45, 2.75) is 64.8 Å². The summed E-state index contributed by atoms with van der Waals surface area (Å²) in [5, 5.41) is 3.10. The van der Waals surface area contributed by atoms with Gasteiger partial charge in [0.05, 0.1) is 0 Å². The molecule has 1 atom stereocenters. The second-order valence-electron chi connectivity index (χ2n) is 5.45. The summed E-state index contributed by atoms with van der Waals surface area (Å²) >= 11 is 0. The molecule has 1 rings (SSSR count). The molecular weight excluding hydrogens is 275 g/mol. The smallest absolute Gasteiger partial charge is 0.133 e. The van der Waals surface area contributed by atoms with Crippen molar-refractivity contribution in [3.8, 4) is 0 Å². The lowest BCUT2D eigenvalue weighted by Crippen LogP contribution is -2.23. The van der Waals surface area contributed by atoms with Gasteiger partial charge in [0.1, 0.15) is 17.5 Å². The lowest BCUT2D eigenvalue weighted by molar-refractivity contribution is 0.429. The van der Waals surface area contributed by atoms with E-state index in [2.05, 4.69) is 12.2 Å². The molecule has 0 spiro atoms. The first-order chi connectivity index (χ1) is 10.1. The normalized spacial score (nSPS) is 12.6. The van der Waals surface area contributed by atoms with Crippen molar-refractivity contribution >= 4 is 0 Å². The number of halogens is 3. The third-order valence-corrected chi connectivity index (χ3v) is 3.69. The molecule has 0 fully saturated rings. The fourth-order valence-electron chi connectivity index (χ4n) is 2.61. The van der Waals surface area contributed by atoms with Gasteiger partial charge in [0.2, 0.25) is 0 Å². The van der Waals surface area contributed by atoms with Crippen LogP contribution in [0.2, 0.25) is 0 Å². The Bertz CT molecular complexity index is 397. The van der Waals surface area contributed by atoms with Crippen LogP contribution in [0.15, 0.2) is 12.1 Å². The van der Waals surface area contributed by atoms with Crippen LogP contribution in [0.4, 0.5) is 13.2 Å². The van der Waals surface area contributed by atoms with E-state index in [9.17, 15) is 13.2 Å². The lowest BCUT2D eigenvalue weighted by Gasteiger charge is -2.19. The average Bonchev–Trinajstić information content (AvgIpc) is 2.41. The van der Waals surface area contributed by atoms with Gasteiger partial charge in [0.25, 0.3) is 0 Å². The molecule has 120 valence electrons. The molecule has 0 aliphatic heterocycles. The number of hydrogen-bond donors (Lipinski definition) is 1. The first-order valence-corrected chi connectivity index (χ1v) is 7.98. The number of rotatable bonds is 10. The number of unbranched alkanes of at least 4 members (excludes halogenated alkanes) is 5. The second kappa shape index (κ2) is 9.82. The molecule has 0 aromatic heterocycles. The molecule has 0 saturated heterocycles. The molecule has 1 nitrogen and oxygen atoms in total. The summed E-state index contributed by atoms with van der Waals surface area (Å²) in [4.78, 5) is 0. The maximum atomic E-state index is 13.8. The van der Waals surface area contributed by atoms with Gasteiger partial charge in [-0.15, -0.1) is 0 Å². The van der Waals surface area contributed by atoms with Gasteiger partial charge in [0, 0.05) is 23.7 Å². The summed E-state index contributed by atoms with van der Waals surface area (Å²) in [5.74, 6) is -2.47. The molecule has 0 saturated carbocycles. The lowest BCUT2D eigenvalue weighted by atomic mass is 9.98. The molecule has 0 heterocycles. The Morgan fingerprint density at radius 3 is 2.05 bits per heavy atom. The molecular formula is C17H26F3N. The van der Waals surface area contributed by atoms with Gasteiger partial charge in [-0.1, -0.05) is 52.4 Å². The van der Waals surface area contributed by atoms with Crippen LogP contribution in [-0.2, 0) is 0 Å². The van der Waals surface area contributed by atoms with Crippen LogP contribution in [-0.4, -0.2) is 6.54 Å². The molecule has 0 aliphatic rings. The van der Waals surface area contributed by atoms with Crippen LogP contribution in [0, 0.1) is 17.5 Å². The van der Waals surface area contributed by atoms with E-state index in [1.165, 1.54) is 19.3 Å². The molecule has 0 aliphatic carbocycles. The molecule has 1 aromatic rings. The van der Waals surface area contributed by atoms with Crippen LogP contribution in [0.25, 0.3) is 0 Å². The maximum absolute atomic E-state index is 13.8. The molecule has 4 heteroatoms. The standard InChI is InChI=1S/C17H26F3N/c1-3-5-6-7-8-9-10-16(21-4-2)17-14(19)11-13(18)12-15(17)20/h11-12,16,21H,3-10H2,1-2H3. The minimum absolute atomic E-state index is 0.0354. The Balaban J connectivity index is 2.61. The van der Waals surface area contributed by atoms with Gasteiger partial charge >= 0.3 is 0 Å². The van der Waals surface area contributed by atoms with E-state index in [0.717, 1.165) is 31.4 Å². The Hall–Kier alpha value is -1.03. The zero-order valence-electron chi connectivity index (χ0n) is 13.0. The van der Waals surface area contributed by atoms with Gasteiger partial charge in [0.15, 0.2) is 0 Å². The van der Waals surface area contributed by atoms with Gasteiger partial charge in [-0.2, -0.15) is 0 Å². The monoisotopic (exact) mass is 301 g/mol. The van der Waals surface area contributed by atoms with Crippen molar-refractivity contribution in [3.63, 3.8) is 0 Å². The Kier molecular flexibility index (Phi) is 8.43. The Morgan fingerprint density at radius 2 is 1.48 bits per heavy atom. The van der Waals surface area contributed by atoms with Gasteiger partial charge in [-0.05, 0) is 13.0 Å². The number of benzene rings is 1. The molecule has 21 heavy (non-hydrogen) atoms. The minimum Gasteiger partial charge on any atom is -0.310 e. The van der Waals surface area contributed by atoms with Crippen molar-refractivity contribution < 1.29 is 13.2 Å². The van der Waals surface area contributed by atoms with Crippen LogP contribution < -0.4 is 5.32 Å². The van der Waals surface area contributed by atoms with E-state index in [4.69, 9.17) is 0 Å². The van der Waals surface area contributed by atoms with Crippen molar-refractivity contribution in [1.82, 2.24) is 5.32 Å². The van der Waals surface area contributed by atoms with E-state index in [0.29, 0.717) is 13.0 Å². The highest BCUT2D eigenvalue weighted by Gasteiger charge is 2.20. The van der Waals surface area contributed by atoms with E-state index in [1.54, 1.807) is 0 Å². The SMILES string of the molecule is CCCCCCCCC(NCC)c1c(F)cc(F)cc1F. The van der Waals surface area contributed by atoms with E-state index < -0.39 is 17.5 Å². The molecule has 0 radical (unpaired) electrons. The van der Waals surface area contributed by atoms with Crippen molar-refractivity contribution in [2.24, 2.45) is 0 Å². The summed E-state index contributed by atoms with van der Waals surface area (Å²) in [7, 11) is 0. The van der Waals surface area contributed by atoms with Crippen LogP contribution in [0.1, 0.15) is 70.4 Å². The van der Waals surface area contributed by atoms with Crippen molar-refractivity contribution in [1.29, 1.82) is 0 Å². The third kappa shape index (κ3) is 6.08.